The van der Waals surface area contributed by atoms with Gasteiger partial charge in [0, 0.05) is 0 Å². The highest BCUT2D eigenvalue weighted by atomic mass is 19.1. The molecule has 0 heterocycles. The predicted molar refractivity (Wildman–Crippen MR) is 60.8 cm³/mol. The number of carbonyl (C=O) groups excluding carboxylic acids is 2. The van der Waals surface area contributed by atoms with E-state index in [1.54, 1.807) is 6.07 Å². The predicted octanol–water partition coefficient (Wildman–Crippen LogP) is 1.40. The first-order chi connectivity index (χ1) is 8.54. The molecule has 6 heteroatoms. The summed E-state index contributed by atoms with van der Waals surface area (Å²) in [4.78, 5) is 22.8. The Labute approximate surface area is 103 Å². The van der Waals surface area contributed by atoms with Gasteiger partial charge in [-0.2, -0.15) is 0 Å². The van der Waals surface area contributed by atoms with Crippen molar-refractivity contribution in [1.29, 1.82) is 0 Å². The van der Waals surface area contributed by atoms with Gasteiger partial charge in [-0.1, -0.05) is 0 Å². The van der Waals surface area contributed by atoms with E-state index < -0.39 is 17.9 Å². The molecule has 1 rings (SSSR count). The van der Waals surface area contributed by atoms with Gasteiger partial charge in [-0.25, -0.2) is 9.18 Å². The van der Waals surface area contributed by atoms with Crippen LogP contribution in [0.25, 0.3) is 0 Å². The van der Waals surface area contributed by atoms with Crippen LogP contribution in [0.4, 0.5) is 4.39 Å². The van der Waals surface area contributed by atoms with Gasteiger partial charge in [-0.15, -0.1) is 0 Å². The highest BCUT2D eigenvalue weighted by molar-refractivity contribution is 6.12. The highest BCUT2D eigenvalue weighted by Crippen LogP contribution is 2.25. The van der Waals surface area contributed by atoms with E-state index in [9.17, 15) is 14.0 Å². The standard InChI is InChI=1S/C12H13FO5/c1-16-7-4-5-9(17-2)8(6-7)11(14)10(13)12(15)18-3/h4-6,10H,1-3H3. The summed E-state index contributed by atoms with van der Waals surface area (Å²) in [6.07, 6.45) is -2.38. The van der Waals surface area contributed by atoms with Gasteiger partial charge in [0.05, 0.1) is 26.9 Å². The molecule has 0 amide bonds. The number of hydrogen-bond acceptors (Lipinski definition) is 5. The molecule has 0 fully saturated rings. The van der Waals surface area contributed by atoms with Crippen molar-refractivity contribution in [2.45, 2.75) is 6.17 Å². The van der Waals surface area contributed by atoms with Crippen LogP contribution in [-0.2, 0) is 9.53 Å². The number of ether oxygens (including phenoxy) is 3. The van der Waals surface area contributed by atoms with E-state index >= 15 is 0 Å². The van der Waals surface area contributed by atoms with Gasteiger partial charge in [-0.3, -0.25) is 4.79 Å². The molecule has 0 saturated heterocycles. The van der Waals surface area contributed by atoms with Crippen molar-refractivity contribution in [3.63, 3.8) is 0 Å². The van der Waals surface area contributed by atoms with Crippen LogP contribution >= 0.6 is 0 Å². The molecular weight excluding hydrogens is 243 g/mol. The van der Waals surface area contributed by atoms with Crippen LogP contribution in [0.5, 0.6) is 11.5 Å². The average Bonchev–Trinajstić information content (AvgIpc) is 2.43. The molecule has 0 saturated carbocycles. The molecule has 0 N–H and O–H groups in total. The van der Waals surface area contributed by atoms with Gasteiger partial charge in [0.25, 0.3) is 6.17 Å². The van der Waals surface area contributed by atoms with E-state index in [4.69, 9.17) is 9.47 Å². The maximum absolute atomic E-state index is 13.5. The number of benzene rings is 1. The third kappa shape index (κ3) is 2.77. The summed E-state index contributed by atoms with van der Waals surface area (Å²) >= 11 is 0. The highest BCUT2D eigenvalue weighted by Gasteiger charge is 2.30. The van der Waals surface area contributed by atoms with Gasteiger partial charge in [0.15, 0.2) is 0 Å². The first-order valence-electron chi connectivity index (χ1n) is 5.03. The van der Waals surface area contributed by atoms with E-state index in [-0.39, 0.29) is 11.3 Å². The fraction of sp³-hybridized carbons (Fsp3) is 0.333. The quantitative estimate of drug-likeness (QED) is 0.452. The molecule has 0 radical (unpaired) electrons. The van der Waals surface area contributed by atoms with Gasteiger partial charge in [0.2, 0.25) is 5.78 Å². The summed E-state index contributed by atoms with van der Waals surface area (Å²) in [6.45, 7) is 0. The Morgan fingerprint density at radius 1 is 1.17 bits per heavy atom. The van der Waals surface area contributed by atoms with Gasteiger partial charge < -0.3 is 14.2 Å². The molecule has 0 spiro atoms. The molecule has 1 unspecified atom stereocenters. The van der Waals surface area contributed by atoms with E-state index in [2.05, 4.69) is 4.74 Å². The molecule has 1 aromatic rings. The van der Waals surface area contributed by atoms with Crippen LogP contribution < -0.4 is 9.47 Å². The first-order valence-corrected chi connectivity index (χ1v) is 5.03. The van der Waals surface area contributed by atoms with Crippen molar-refractivity contribution < 1.29 is 28.2 Å². The number of rotatable bonds is 5. The number of methoxy groups -OCH3 is 3. The summed E-state index contributed by atoms with van der Waals surface area (Å²) in [5.74, 6) is -1.76. The fourth-order valence-corrected chi connectivity index (χ4v) is 1.35. The van der Waals surface area contributed by atoms with Gasteiger partial charge in [-0.05, 0) is 18.2 Å². The second kappa shape index (κ2) is 6.00. The summed E-state index contributed by atoms with van der Waals surface area (Å²) in [5.41, 5.74) is -0.0743. The van der Waals surface area contributed by atoms with Gasteiger partial charge in [0.1, 0.15) is 11.5 Å². The van der Waals surface area contributed by atoms with Crippen molar-refractivity contribution >= 4 is 11.8 Å². The topological polar surface area (TPSA) is 61.8 Å². The minimum Gasteiger partial charge on any atom is -0.497 e. The lowest BCUT2D eigenvalue weighted by molar-refractivity contribution is -0.144. The SMILES string of the molecule is COC(=O)C(F)C(=O)c1cc(OC)ccc1OC. The van der Waals surface area contributed by atoms with E-state index in [1.807, 2.05) is 0 Å². The molecule has 98 valence electrons. The van der Waals surface area contributed by atoms with Crippen LogP contribution in [0.3, 0.4) is 0 Å². The van der Waals surface area contributed by atoms with Crippen molar-refractivity contribution in [3.8, 4) is 11.5 Å². The zero-order valence-corrected chi connectivity index (χ0v) is 10.2. The van der Waals surface area contributed by atoms with Crippen LogP contribution in [0.15, 0.2) is 18.2 Å². The zero-order valence-electron chi connectivity index (χ0n) is 10.2. The number of carbonyl (C=O) groups is 2. The Kier molecular flexibility index (Phi) is 4.65. The fourth-order valence-electron chi connectivity index (χ4n) is 1.35. The summed E-state index contributed by atoms with van der Waals surface area (Å²) in [6, 6.07) is 4.31. The number of ketones is 1. The minimum atomic E-state index is -2.38. The lowest BCUT2D eigenvalue weighted by Crippen LogP contribution is -2.27. The molecule has 1 atom stereocenters. The van der Waals surface area contributed by atoms with Crippen LogP contribution in [-0.4, -0.2) is 39.3 Å². The maximum atomic E-state index is 13.5. The normalized spacial score (nSPS) is 11.6. The number of alkyl halides is 1. The number of halogens is 1. The van der Waals surface area contributed by atoms with E-state index in [0.717, 1.165) is 7.11 Å². The molecule has 0 aliphatic carbocycles. The Morgan fingerprint density at radius 3 is 2.33 bits per heavy atom. The number of Topliss-reactive ketones (excluding diaryl/α,β-unsaturated/α-hetero) is 1. The minimum absolute atomic E-state index is 0.0743. The molecule has 0 aliphatic heterocycles. The third-order valence-electron chi connectivity index (χ3n) is 2.31. The van der Waals surface area contributed by atoms with Crippen molar-refractivity contribution in [2.24, 2.45) is 0 Å². The Morgan fingerprint density at radius 2 is 1.83 bits per heavy atom. The third-order valence-corrected chi connectivity index (χ3v) is 2.31. The van der Waals surface area contributed by atoms with Crippen LogP contribution in [0.2, 0.25) is 0 Å². The summed E-state index contributed by atoms with van der Waals surface area (Å²) < 4.78 is 27.5. The lowest BCUT2D eigenvalue weighted by atomic mass is 10.1. The van der Waals surface area contributed by atoms with Crippen LogP contribution in [0, 0.1) is 0 Å². The molecule has 5 nitrogen and oxygen atoms in total. The Balaban J connectivity index is 3.13. The molecule has 0 aromatic heterocycles. The van der Waals surface area contributed by atoms with E-state index in [1.165, 1.54) is 26.4 Å². The van der Waals surface area contributed by atoms with Crippen molar-refractivity contribution in [2.75, 3.05) is 21.3 Å². The smallest absolute Gasteiger partial charge is 0.348 e. The largest absolute Gasteiger partial charge is 0.497 e. The molecule has 18 heavy (non-hydrogen) atoms. The zero-order chi connectivity index (χ0) is 13.7. The Hall–Kier alpha value is -2.11. The molecule has 1 aromatic carbocycles. The van der Waals surface area contributed by atoms with Crippen molar-refractivity contribution in [1.82, 2.24) is 0 Å². The maximum Gasteiger partial charge on any atom is 0.348 e. The van der Waals surface area contributed by atoms with Crippen LogP contribution in [0.1, 0.15) is 10.4 Å². The molecule has 0 bridgehead atoms. The second-order valence-corrected chi connectivity index (χ2v) is 3.32. The average molecular weight is 256 g/mol. The Bertz CT molecular complexity index is 458. The van der Waals surface area contributed by atoms with Crippen molar-refractivity contribution in [3.05, 3.63) is 23.8 Å². The van der Waals surface area contributed by atoms with E-state index in [0.29, 0.717) is 5.75 Å². The first kappa shape index (κ1) is 14.0. The summed E-state index contributed by atoms with van der Waals surface area (Å²) in [7, 11) is 3.75. The second-order valence-electron chi connectivity index (χ2n) is 3.32. The molecular formula is C12H13FO5. The monoisotopic (exact) mass is 256 g/mol. The number of hydrogen-bond donors (Lipinski definition) is 0. The van der Waals surface area contributed by atoms with Gasteiger partial charge >= 0.3 is 5.97 Å². The lowest BCUT2D eigenvalue weighted by Gasteiger charge is -2.11. The number of esters is 1. The summed E-state index contributed by atoms with van der Waals surface area (Å²) in [5, 5.41) is 0. The molecule has 0 aliphatic rings.